The number of benzene rings is 2. The second-order valence-electron chi connectivity index (χ2n) is 5.23. The molecule has 106 valence electrons. The van der Waals surface area contributed by atoms with Gasteiger partial charge in [0.15, 0.2) is 0 Å². The maximum atomic E-state index is 13.8. The molecule has 0 aliphatic rings. The van der Waals surface area contributed by atoms with Gasteiger partial charge in [0, 0.05) is 23.7 Å². The molecule has 2 rings (SSSR count). The topological polar surface area (TPSA) is 32.3 Å². The fourth-order valence-corrected chi connectivity index (χ4v) is 2.37. The van der Waals surface area contributed by atoms with Crippen LogP contribution in [0, 0.1) is 12.7 Å². The number of hydrogen-bond acceptors (Lipinski definition) is 2. The van der Waals surface area contributed by atoms with E-state index in [4.69, 9.17) is 0 Å². The number of aromatic hydroxyl groups is 1. The zero-order valence-electron chi connectivity index (χ0n) is 12.0. The predicted octanol–water partition coefficient (Wildman–Crippen LogP) is 4.25. The maximum absolute atomic E-state index is 13.8. The van der Waals surface area contributed by atoms with E-state index in [9.17, 15) is 9.50 Å². The Kier molecular flexibility index (Phi) is 4.40. The summed E-state index contributed by atoms with van der Waals surface area (Å²) < 4.78 is 13.8. The predicted molar refractivity (Wildman–Crippen MR) is 79.2 cm³/mol. The third-order valence-corrected chi connectivity index (χ3v) is 3.49. The highest BCUT2D eigenvalue weighted by Gasteiger charge is 2.14. The molecule has 0 fully saturated rings. The SMILES string of the molecule is Cc1cccc([C@@H](C)NC(C)c2ccc(O)cc2F)c1. The maximum Gasteiger partial charge on any atom is 0.131 e. The van der Waals surface area contributed by atoms with E-state index in [1.807, 2.05) is 13.0 Å². The number of halogens is 1. The first-order chi connectivity index (χ1) is 9.47. The number of phenolic OH excluding ortho intramolecular Hbond substituents is 1. The van der Waals surface area contributed by atoms with Gasteiger partial charge in [0.2, 0.25) is 0 Å². The molecule has 0 saturated carbocycles. The molecule has 0 spiro atoms. The number of nitrogens with one attached hydrogen (secondary N) is 1. The first kappa shape index (κ1) is 14.5. The summed E-state index contributed by atoms with van der Waals surface area (Å²) in [5.74, 6) is -0.438. The van der Waals surface area contributed by atoms with Crippen molar-refractivity contribution in [2.75, 3.05) is 0 Å². The van der Waals surface area contributed by atoms with Crippen molar-refractivity contribution in [3.05, 3.63) is 65.0 Å². The van der Waals surface area contributed by atoms with Crippen LogP contribution in [0.2, 0.25) is 0 Å². The van der Waals surface area contributed by atoms with Crippen molar-refractivity contribution in [1.29, 1.82) is 0 Å². The van der Waals surface area contributed by atoms with Crippen LogP contribution in [0.5, 0.6) is 5.75 Å². The normalized spacial score (nSPS) is 14.0. The van der Waals surface area contributed by atoms with Gasteiger partial charge >= 0.3 is 0 Å². The minimum atomic E-state index is -0.388. The number of hydrogen-bond donors (Lipinski definition) is 2. The summed E-state index contributed by atoms with van der Waals surface area (Å²) in [5.41, 5.74) is 2.94. The average Bonchev–Trinajstić information content (AvgIpc) is 2.38. The smallest absolute Gasteiger partial charge is 0.131 e. The van der Waals surface area contributed by atoms with Crippen LogP contribution in [-0.4, -0.2) is 5.11 Å². The van der Waals surface area contributed by atoms with Gasteiger partial charge in [0.1, 0.15) is 11.6 Å². The van der Waals surface area contributed by atoms with Crippen molar-refractivity contribution in [1.82, 2.24) is 5.32 Å². The van der Waals surface area contributed by atoms with Gasteiger partial charge in [-0.05, 0) is 32.4 Å². The summed E-state index contributed by atoms with van der Waals surface area (Å²) in [6.45, 7) is 6.03. The zero-order chi connectivity index (χ0) is 14.7. The molecule has 0 aromatic heterocycles. The lowest BCUT2D eigenvalue weighted by Gasteiger charge is -2.21. The lowest BCUT2D eigenvalue weighted by atomic mass is 10.0. The Morgan fingerprint density at radius 3 is 2.45 bits per heavy atom. The van der Waals surface area contributed by atoms with E-state index in [1.54, 1.807) is 6.07 Å². The third-order valence-electron chi connectivity index (χ3n) is 3.49. The molecule has 0 saturated heterocycles. The molecule has 0 aliphatic heterocycles. The van der Waals surface area contributed by atoms with Crippen LogP contribution in [0.3, 0.4) is 0 Å². The Hall–Kier alpha value is -1.87. The molecule has 20 heavy (non-hydrogen) atoms. The summed E-state index contributed by atoms with van der Waals surface area (Å²) in [6.07, 6.45) is 0. The molecule has 3 heteroatoms. The van der Waals surface area contributed by atoms with Crippen LogP contribution in [-0.2, 0) is 0 Å². The summed E-state index contributed by atoms with van der Waals surface area (Å²) in [5, 5.41) is 12.6. The van der Waals surface area contributed by atoms with Gasteiger partial charge in [-0.2, -0.15) is 0 Å². The van der Waals surface area contributed by atoms with Crippen LogP contribution in [0.4, 0.5) is 4.39 Å². The van der Waals surface area contributed by atoms with Crippen molar-refractivity contribution < 1.29 is 9.50 Å². The molecule has 2 aromatic carbocycles. The highest BCUT2D eigenvalue weighted by atomic mass is 19.1. The second-order valence-corrected chi connectivity index (χ2v) is 5.23. The second kappa shape index (κ2) is 6.06. The molecule has 0 heterocycles. The van der Waals surface area contributed by atoms with Crippen LogP contribution < -0.4 is 5.32 Å². The van der Waals surface area contributed by atoms with Crippen LogP contribution in [0.25, 0.3) is 0 Å². The van der Waals surface area contributed by atoms with E-state index >= 15 is 0 Å². The van der Waals surface area contributed by atoms with Crippen LogP contribution >= 0.6 is 0 Å². The summed E-state index contributed by atoms with van der Waals surface area (Å²) in [4.78, 5) is 0. The van der Waals surface area contributed by atoms with Gasteiger partial charge in [-0.1, -0.05) is 35.9 Å². The molecule has 2 aromatic rings. The van der Waals surface area contributed by atoms with Crippen LogP contribution in [0.15, 0.2) is 42.5 Å². The Morgan fingerprint density at radius 1 is 1.05 bits per heavy atom. The Bertz CT molecular complexity index is 597. The molecule has 0 aliphatic carbocycles. The minimum absolute atomic E-state index is 0.0508. The molecular weight excluding hydrogens is 253 g/mol. The number of aryl methyl sites for hydroxylation is 1. The molecule has 0 amide bonds. The third kappa shape index (κ3) is 3.36. The van der Waals surface area contributed by atoms with E-state index in [-0.39, 0.29) is 23.7 Å². The van der Waals surface area contributed by atoms with Gasteiger partial charge in [0.05, 0.1) is 0 Å². The molecule has 2 N–H and O–H groups in total. The van der Waals surface area contributed by atoms with Gasteiger partial charge in [-0.25, -0.2) is 4.39 Å². The van der Waals surface area contributed by atoms with E-state index < -0.39 is 0 Å². The molecule has 1 unspecified atom stereocenters. The first-order valence-electron chi connectivity index (χ1n) is 6.78. The Balaban J connectivity index is 2.12. The van der Waals surface area contributed by atoms with Crippen molar-refractivity contribution in [3.63, 3.8) is 0 Å². The molecular formula is C17H20FNO. The van der Waals surface area contributed by atoms with E-state index in [2.05, 4.69) is 37.4 Å². The van der Waals surface area contributed by atoms with Crippen LogP contribution in [0.1, 0.15) is 42.6 Å². The Labute approximate surface area is 119 Å². The lowest BCUT2D eigenvalue weighted by Crippen LogP contribution is -2.23. The first-order valence-corrected chi connectivity index (χ1v) is 6.78. The monoisotopic (exact) mass is 273 g/mol. The summed E-state index contributed by atoms with van der Waals surface area (Å²) in [6, 6.07) is 12.5. The van der Waals surface area contributed by atoms with Gasteiger partial charge in [-0.15, -0.1) is 0 Å². The number of phenols is 1. The standard InChI is InChI=1S/C17H20FNO/c1-11-5-4-6-14(9-11)12(2)19-13(3)16-8-7-15(20)10-17(16)18/h4-10,12-13,19-20H,1-3H3/t12-,13?/m1/s1. The molecule has 0 radical (unpaired) electrons. The van der Waals surface area contributed by atoms with Crippen molar-refractivity contribution in [3.8, 4) is 5.75 Å². The van der Waals surface area contributed by atoms with E-state index in [0.29, 0.717) is 5.56 Å². The van der Waals surface area contributed by atoms with E-state index in [1.165, 1.54) is 17.2 Å². The Morgan fingerprint density at radius 2 is 1.80 bits per heavy atom. The zero-order valence-corrected chi connectivity index (χ0v) is 12.0. The highest BCUT2D eigenvalue weighted by Crippen LogP contribution is 2.24. The van der Waals surface area contributed by atoms with Gasteiger partial charge < -0.3 is 10.4 Å². The van der Waals surface area contributed by atoms with Gasteiger partial charge in [-0.3, -0.25) is 0 Å². The van der Waals surface area contributed by atoms with Crippen molar-refractivity contribution in [2.45, 2.75) is 32.9 Å². The largest absolute Gasteiger partial charge is 0.508 e. The quantitative estimate of drug-likeness (QED) is 0.872. The minimum Gasteiger partial charge on any atom is -0.508 e. The van der Waals surface area contributed by atoms with Crippen molar-refractivity contribution in [2.24, 2.45) is 0 Å². The summed E-state index contributed by atoms with van der Waals surface area (Å²) >= 11 is 0. The van der Waals surface area contributed by atoms with Gasteiger partial charge in [0.25, 0.3) is 0 Å². The van der Waals surface area contributed by atoms with E-state index in [0.717, 1.165) is 6.07 Å². The molecule has 0 bridgehead atoms. The summed E-state index contributed by atoms with van der Waals surface area (Å²) in [7, 11) is 0. The molecule has 2 atom stereocenters. The number of rotatable bonds is 4. The average molecular weight is 273 g/mol. The lowest BCUT2D eigenvalue weighted by molar-refractivity contribution is 0.454. The highest BCUT2D eigenvalue weighted by molar-refractivity contribution is 5.30. The molecule has 2 nitrogen and oxygen atoms in total. The van der Waals surface area contributed by atoms with Crippen molar-refractivity contribution >= 4 is 0 Å². The fraction of sp³-hybridized carbons (Fsp3) is 0.294. The fourth-order valence-electron chi connectivity index (χ4n) is 2.37.